The number of nitrogen functional groups attached to an aromatic ring is 1. The van der Waals surface area contributed by atoms with Gasteiger partial charge < -0.3 is 20.5 Å². The highest BCUT2D eigenvalue weighted by atomic mass is 32.1. The van der Waals surface area contributed by atoms with Gasteiger partial charge in [-0.05, 0) is 24.3 Å². The Morgan fingerprint density at radius 1 is 1.39 bits per heavy atom. The van der Waals surface area contributed by atoms with Gasteiger partial charge in [-0.3, -0.25) is 4.79 Å². The summed E-state index contributed by atoms with van der Waals surface area (Å²) in [6.07, 6.45) is 0.734. The zero-order valence-electron chi connectivity index (χ0n) is 12.3. The highest BCUT2D eigenvalue weighted by molar-refractivity contribution is 7.16. The lowest BCUT2D eigenvalue weighted by Crippen LogP contribution is -2.23. The number of nitrogens with one attached hydrogen (secondary N) is 1. The molecule has 2 heterocycles. The summed E-state index contributed by atoms with van der Waals surface area (Å²) < 4.78 is 6.35. The molecule has 0 aliphatic heterocycles. The van der Waals surface area contributed by atoms with Crippen LogP contribution in [0.4, 0.5) is 10.8 Å². The van der Waals surface area contributed by atoms with E-state index >= 15 is 0 Å². The fraction of sp³-hybridized carbons (Fsp3) is 0.0714. The van der Waals surface area contributed by atoms with Gasteiger partial charge in [0.05, 0.1) is 23.2 Å². The molecule has 0 aliphatic rings. The number of hydrogen-bond donors (Lipinski definition) is 2. The summed E-state index contributed by atoms with van der Waals surface area (Å²) in [5, 5.41) is 10.5. The zero-order valence-corrected chi connectivity index (χ0v) is 13.1. The molecule has 0 atom stereocenters. The van der Waals surface area contributed by atoms with Crippen LogP contribution in [0.2, 0.25) is 0 Å². The SMILES string of the molecule is COc1ccc(-n2nc(N)c3csc(NBC=O)c3c2=O)cc1. The first-order valence-corrected chi connectivity index (χ1v) is 7.65. The van der Waals surface area contributed by atoms with Crippen molar-refractivity contribution in [2.24, 2.45) is 0 Å². The van der Waals surface area contributed by atoms with Gasteiger partial charge >= 0.3 is 7.41 Å². The normalized spacial score (nSPS) is 10.5. The lowest BCUT2D eigenvalue weighted by molar-refractivity contribution is 0.414. The average molecular weight is 328 g/mol. The molecule has 9 heteroatoms. The van der Waals surface area contributed by atoms with Crippen LogP contribution in [0, 0.1) is 0 Å². The number of rotatable bonds is 5. The third kappa shape index (κ3) is 2.66. The van der Waals surface area contributed by atoms with Crippen molar-refractivity contribution in [3.8, 4) is 11.4 Å². The number of ether oxygens (including phenoxy) is 1. The van der Waals surface area contributed by atoms with E-state index in [-0.39, 0.29) is 18.8 Å². The molecule has 0 saturated carbocycles. The van der Waals surface area contributed by atoms with E-state index in [2.05, 4.69) is 10.3 Å². The summed E-state index contributed by atoms with van der Waals surface area (Å²) in [6.45, 7) is 0. The molecule has 3 N–H and O–H groups in total. The summed E-state index contributed by atoms with van der Waals surface area (Å²) in [5.41, 5.74) is 6.26. The highest BCUT2D eigenvalue weighted by Gasteiger charge is 2.15. The largest absolute Gasteiger partial charge is 0.497 e. The third-order valence-corrected chi connectivity index (χ3v) is 4.28. The maximum Gasteiger partial charge on any atom is 0.308 e. The Labute approximate surface area is 135 Å². The maximum absolute atomic E-state index is 12.8. The molecule has 0 fully saturated rings. The minimum absolute atomic E-state index is 0.125. The van der Waals surface area contributed by atoms with Gasteiger partial charge in [-0.2, -0.15) is 4.68 Å². The number of carbonyl (C=O) groups is 1. The van der Waals surface area contributed by atoms with Gasteiger partial charge in [0.1, 0.15) is 11.9 Å². The van der Waals surface area contributed by atoms with Gasteiger partial charge in [-0.15, -0.1) is 16.4 Å². The number of methoxy groups -OCH3 is 1. The molecule has 0 saturated heterocycles. The summed E-state index contributed by atoms with van der Waals surface area (Å²) >= 11 is 1.32. The summed E-state index contributed by atoms with van der Waals surface area (Å²) in [6, 6.07) is 6.93. The van der Waals surface area contributed by atoms with Crippen LogP contribution in [0.3, 0.4) is 0 Å². The Morgan fingerprint density at radius 2 is 2.13 bits per heavy atom. The molecule has 116 valence electrons. The second-order valence-corrected chi connectivity index (χ2v) is 5.58. The van der Waals surface area contributed by atoms with Crippen molar-refractivity contribution < 1.29 is 9.53 Å². The topological polar surface area (TPSA) is 99.2 Å². The quantitative estimate of drug-likeness (QED) is 0.535. The van der Waals surface area contributed by atoms with Crippen molar-refractivity contribution in [1.82, 2.24) is 9.78 Å². The molecule has 2 aromatic heterocycles. The van der Waals surface area contributed by atoms with Crippen molar-refractivity contribution >= 4 is 46.5 Å². The number of carbonyl (C=O) groups excluding carboxylic acids is 1. The van der Waals surface area contributed by atoms with E-state index in [0.29, 0.717) is 27.2 Å². The van der Waals surface area contributed by atoms with E-state index in [1.165, 1.54) is 16.0 Å². The van der Waals surface area contributed by atoms with E-state index in [0.717, 1.165) is 6.19 Å². The molecule has 0 unspecified atom stereocenters. The average Bonchev–Trinajstić information content (AvgIpc) is 3.01. The fourth-order valence-electron chi connectivity index (χ4n) is 2.23. The standard InChI is InChI=1S/C14H13BN4O3S/c1-22-9-4-2-8(3-5-9)19-14(21)11-10(12(16)18-19)6-23-13(11)17-15-7-20/h2-7,15,17H,1H3,(H2,16,18). The second-order valence-electron chi connectivity index (χ2n) is 4.70. The molecule has 0 aliphatic carbocycles. The lowest BCUT2D eigenvalue weighted by Gasteiger charge is -2.08. The molecule has 0 amide bonds. The van der Waals surface area contributed by atoms with Gasteiger partial charge in [-0.25, -0.2) is 0 Å². The Morgan fingerprint density at radius 3 is 2.78 bits per heavy atom. The van der Waals surface area contributed by atoms with Crippen LogP contribution in [-0.2, 0) is 4.79 Å². The van der Waals surface area contributed by atoms with Crippen LogP contribution in [-0.4, -0.2) is 30.5 Å². The van der Waals surface area contributed by atoms with Gasteiger partial charge in [0.2, 0.25) is 0 Å². The van der Waals surface area contributed by atoms with E-state index in [1.807, 2.05) is 0 Å². The van der Waals surface area contributed by atoms with Crippen molar-refractivity contribution in [2.45, 2.75) is 0 Å². The first kappa shape index (κ1) is 15.1. The smallest absolute Gasteiger partial charge is 0.308 e. The Balaban J connectivity index is 2.19. The summed E-state index contributed by atoms with van der Waals surface area (Å²) in [5.74, 6) is 0.936. The third-order valence-electron chi connectivity index (χ3n) is 3.34. The molecule has 23 heavy (non-hydrogen) atoms. The maximum atomic E-state index is 12.8. The van der Waals surface area contributed by atoms with Gasteiger partial charge in [0.25, 0.3) is 5.56 Å². The Kier molecular flexibility index (Phi) is 4.03. The summed E-state index contributed by atoms with van der Waals surface area (Å²) in [7, 11) is 1.69. The van der Waals surface area contributed by atoms with Gasteiger partial charge in [0.15, 0.2) is 5.82 Å². The van der Waals surface area contributed by atoms with E-state index in [9.17, 15) is 9.59 Å². The number of hydrogen-bond acceptors (Lipinski definition) is 7. The van der Waals surface area contributed by atoms with Crippen LogP contribution in [0.25, 0.3) is 16.5 Å². The molecule has 1 aromatic carbocycles. The zero-order chi connectivity index (χ0) is 16.4. The number of nitrogens with two attached hydrogens (primary N) is 1. The predicted octanol–water partition coefficient (Wildman–Crippen LogP) is 0.992. The molecule has 3 rings (SSSR count). The van der Waals surface area contributed by atoms with Crippen molar-refractivity contribution in [3.63, 3.8) is 0 Å². The van der Waals surface area contributed by atoms with Gasteiger partial charge in [0, 0.05) is 10.8 Å². The molecule has 0 radical (unpaired) electrons. The predicted molar refractivity (Wildman–Crippen MR) is 93.7 cm³/mol. The van der Waals surface area contributed by atoms with Crippen molar-refractivity contribution in [1.29, 1.82) is 0 Å². The fourth-order valence-corrected chi connectivity index (χ4v) is 3.19. The van der Waals surface area contributed by atoms with Gasteiger partial charge in [-0.1, -0.05) is 0 Å². The van der Waals surface area contributed by atoms with Crippen LogP contribution in [0.5, 0.6) is 5.75 Å². The second kappa shape index (κ2) is 6.13. The molecule has 7 nitrogen and oxygen atoms in total. The lowest BCUT2D eigenvalue weighted by atomic mass is 9.99. The number of aromatic nitrogens is 2. The van der Waals surface area contributed by atoms with Crippen LogP contribution < -0.4 is 21.3 Å². The Bertz CT molecular complexity index is 920. The molecular formula is C14H13BN4O3S. The molecule has 3 aromatic rings. The van der Waals surface area contributed by atoms with Crippen molar-refractivity contribution in [3.05, 3.63) is 40.0 Å². The number of fused-ring (bicyclic) bond motifs is 1. The number of anilines is 2. The monoisotopic (exact) mass is 328 g/mol. The van der Waals surface area contributed by atoms with Crippen LogP contribution in [0.15, 0.2) is 34.4 Å². The number of nitrogens with zero attached hydrogens (tertiary/aromatic N) is 2. The minimum atomic E-state index is -0.297. The van der Waals surface area contributed by atoms with Crippen LogP contribution in [0.1, 0.15) is 0 Å². The highest BCUT2D eigenvalue weighted by Crippen LogP contribution is 2.30. The van der Waals surface area contributed by atoms with E-state index in [1.54, 1.807) is 36.8 Å². The summed E-state index contributed by atoms with van der Waals surface area (Å²) in [4.78, 5) is 23.3. The number of thiophene rings is 1. The molecule has 0 bridgehead atoms. The minimum Gasteiger partial charge on any atom is -0.497 e. The van der Waals surface area contributed by atoms with Crippen molar-refractivity contribution in [2.75, 3.05) is 18.1 Å². The molecular weight excluding hydrogens is 315 g/mol. The first-order valence-electron chi connectivity index (χ1n) is 6.77. The first-order chi connectivity index (χ1) is 11.2. The molecule has 0 spiro atoms. The van der Waals surface area contributed by atoms with E-state index < -0.39 is 0 Å². The van der Waals surface area contributed by atoms with E-state index in [4.69, 9.17) is 10.5 Å². The number of benzene rings is 1. The Hall–Kier alpha value is -2.81. The van der Waals surface area contributed by atoms with Crippen LogP contribution >= 0.6 is 11.3 Å².